The molecule has 0 radical (unpaired) electrons. The van der Waals surface area contributed by atoms with Crippen molar-refractivity contribution in [3.63, 3.8) is 0 Å². The lowest BCUT2D eigenvalue weighted by Crippen LogP contribution is -2.00. The molecular formula is C15H10FN3S. The molecule has 0 saturated heterocycles. The van der Waals surface area contributed by atoms with Gasteiger partial charge in [0.15, 0.2) is 4.77 Å². The van der Waals surface area contributed by atoms with Crippen LogP contribution in [-0.4, -0.2) is 9.55 Å². The number of imidazole rings is 1. The number of aromatic amines is 1. The number of rotatable bonds is 1. The average Bonchev–Trinajstić information content (AvgIpc) is 2.75. The molecule has 0 aliphatic heterocycles. The molecule has 0 fully saturated rings. The standard InChI is InChI=1S/C15H10FN3S/c1-9-4-2-6-11(16)14(9)19-12-7-3-5-10(8-17)13(12)18-15(19)20/h2-7H,1H3,(H,18,20). The van der Waals surface area contributed by atoms with Gasteiger partial charge in [0, 0.05) is 0 Å². The maximum absolute atomic E-state index is 14.2. The number of aromatic nitrogens is 2. The van der Waals surface area contributed by atoms with Crippen molar-refractivity contribution in [2.75, 3.05) is 0 Å². The van der Waals surface area contributed by atoms with E-state index in [1.807, 2.05) is 19.1 Å². The second-order valence-corrected chi connectivity index (χ2v) is 4.87. The fraction of sp³-hybridized carbons (Fsp3) is 0.0667. The van der Waals surface area contributed by atoms with Gasteiger partial charge in [0.1, 0.15) is 11.9 Å². The number of para-hydroxylation sites is 2. The van der Waals surface area contributed by atoms with Crippen LogP contribution in [0.25, 0.3) is 16.7 Å². The summed E-state index contributed by atoms with van der Waals surface area (Å²) in [5, 5.41) is 9.13. The highest BCUT2D eigenvalue weighted by Crippen LogP contribution is 2.25. The molecule has 0 atom stereocenters. The van der Waals surface area contributed by atoms with Crippen LogP contribution in [0.2, 0.25) is 0 Å². The molecule has 3 rings (SSSR count). The number of fused-ring (bicyclic) bond motifs is 1. The van der Waals surface area contributed by atoms with Crippen LogP contribution in [-0.2, 0) is 0 Å². The van der Waals surface area contributed by atoms with Gasteiger partial charge in [-0.1, -0.05) is 18.2 Å². The molecule has 0 spiro atoms. The number of hydrogen-bond acceptors (Lipinski definition) is 2. The third kappa shape index (κ3) is 1.74. The Balaban J connectivity index is 2.48. The van der Waals surface area contributed by atoms with Gasteiger partial charge in [0.05, 0.1) is 22.3 Å². The van der Waals surface area contributed by atoms with Crippen LogP contribution in [0.3, 0.4) is 0 Å². The number of nitriles is 1. The van der Waals surface area contributed by atoms with E-state index in [-0.39, 0.29) is 5.82 Å². The Bertz CT molecular complexity index is 895. The van der Waals surface area contributed by atoms with Crippen molar-refractivity contribution >= 4 is 23.3 Å². The lowest BCUT2D eigenvalue weighted by Gasteiger charge is -2.09. The van der Waals surface area contributed by atoms with Gasteiger partial charge < -0.3 is 4.98 Å². The Hall–Kier alpha value is -2.45. The van der Waals surface area contributed by atoms with E-state index in [2.05, 4.69) is 11.1 Å². The van der Waals surface area contributed by atoms with E-state index in [0.717, 1.165) is 5.56 Å². The molecule has 20 heavy (non-hydrogen) atoms. The number of aryl methyl sites for hydroxylation is 1. The zero-order chi connectivity index (χ0) is 14.3. The first-order valence-corrected chi connectivity index (χ1v) is 6.43. The Morgan fingerprint density at radius 3 is 2.70 bits per heavy atom. The van der Waals surface area contributed by atoms with E-state index in [0.29, 0.717) is 27.1 Å². The minimum absolute atomic E-state index is 0.343. The molecule has 1 heterocycles. The van der Waals surface area contributed by atoms with Gasteiger partial charge in [-0.15, -0.1) is 0 Å². The Kier molecular flexibility index (Phi) is 2.88. The minimum atomic E-state index is -0.343. The SMILES string of the molecule is Cc1cccc(F)c1-n1c(=S)[nH]c2c(C#N)cccc21. The molecule has 0 unspecified atom stereocenters. The zero-order valence-electron chi connectivity index (χ0n) is 10.6. The van der Waals surface area contributed by atoms with Gasteiger partial charge >= 0.3 is 0 Å². The lowest BCUT2D eigenvalue weighted by molar-refractivity contribution is 0.617. The summed E-state index contributed by atoms with van der Waals surface area (Å²) in [5.41, 5.74) is 3.01. The fourth-order valence-corrected chi connectivity index (χ4v) is 2.64. The number of halogens is 1. The van der Waals surface area contributed by atoms with Crippen LogP contribution in [0, 0.1) is 28.8 Å². The quantitative estimate of drug-likeness (QED) is 0.686. The molecule has 2 aromatic carbocycles. The largest absolute Gasteiger partial charge is 0.329 e. The van der Waals surface area contributed by atoms with E-state index in [1.165, 1.54) is 6.07 Å². The normalized spacial score (nSPS) is 10.7. The summed E-state index contributed by atoms with van der Waals surface area (Å²) >= 11 is 5.29. The third-order valence-corrected chi connectivity index (χ3v) is 3.54. The summed E-state index contributed by atoms with van der Waals surface area (Å²) in [5.74, 6) is -0.343. The fourth-order valence-electron chi connectivity index (χ4n) is 2.35. The maximum atomic E-state index is 14.2. The zero-order valence-corrected chi connectivity index (χ0v) is 11.5. The lowest BCUT2D eigenvalue weighted by atomic mass is 10.1. The van der Waals surface area contributed by atoms with Crippen LogP contribution in [0.15, 0.2) is 36.4 Å². The molecule has 98 valence electrons. The molecule has 1 N–H and O–H groups in total. The van der Waals surface area contributed by atoms with Gasteiger partial charge in [0.25, 0.3) is 0 Å². The summed E-state index contributed by atoms with van der Waals surface area (Å²) in [6, 6.07) is 12.3. The summed E-state index contributed by atoms with van der Waals surface area (Å²) < 4.78 is 16.2. The molecular weight excluding hydrogens is 273 g/mol. The van der Waals surface area contributed by atoms with Crippen LogP contribution < -0.4 is 0 Å². The number of H-pyrrole nitrogens is 1. The van der Waals surface area contributed by atoms with Gasteiger partial charge in [-0.05, 0) is 42.9 Å². The molecule has 0 bridgehead atoms. The van der Waals surface area contributed by atoms with Gasteiger partial charge in [0.2, 0.25) is 0 Å². The van der Waals surface area contributed by atoms with E-state index < -0.39 is 0 Å². The number of nitrogens with one attached hydrogen (secondary N) is 1. The predicted octanol–water partition coefficient (Wildman–Crippen LogP) is 4.01. The van der Waals surface area contributed by atoms with Crippen molar-refractivity contribution in [2.45, 2.75) is 6.92 Å². The summed E-state index contributed by atoms with van der Waals surface area (Å²) in [6.07, 6.45) is 0. The average molecular weight is 283 g/mol. The summed E-state index contributed by atoms with van der Waals surface area (Å²) in [7, 11) is 0. The van der Waals surface area contributed by atoms with Gasteiger partial charge in [-0.25, -0.2) is 4.39 Å². The molecule has 0 amide bonds. The minimum Gasteiger partial charge on any atom is -0.329 e. The Labute approximate surface area is 119 Å². The van der Waals surface area contributed by atoms with E-state index in [9.17, 15) is 4.39 Å². The molecule has 0 saturated carbocycles. The molecule has 0 aliphatic rings. The Morgan fingerprint density at radius 2 is 2.00 bits per heavy atom. The predicted molar refractivity (Wildman–Crippen MR) is 77.9 cm³/mol. The smallest absolute Gasteiger partial charge is 0.182 e. The van der Waals surface area contributed by atoms with E-state index in [1.54, 1.807) is 22.8 Å². The highest BCUT2D eigenvalue weighted by Gasteiger charge is 2.14. The van der Waals surface area contributed by atoms with Crippen LogP contribution in [0.1, 0.15) is 11.1 Å². The van der Waals surface area contributed by atoms with Crippen molar-refractivity contribution in [3.8, 4) is 11.8 Å². The van der Waals surface area contributed by atoms with Crippen molar-refractivity contribution in [3.05, 3.63) is 58.1 Å². The molecule has 3 nitrogen and oxygen atoms in total. The summed E-state index contributed by atoms with van der Waals surface area (Å²) in [6.45, 7) is 1.83. The third-order valence-electron chi connectivity index (χ3n) is 3.25. The molecule has 5 heteroatoms. The first-order valence-electron chi connectivity index (χ1n) is 6.03. The molecule has 0 aliphatic carbocycles. The van der Waals surface area contributed by atoms with Gasteiger partial charge in [-0.3, -0.25) is 4.57 Å². The second kappa shape index (κ2) is 4.58. The Morgan fingerprint density at radius 1 is 1.25 bits per heavy atom. The van der Waals surface area contributed by atoms with Crippen molar-refractivity contribution < 1.29 is 4.39 Å². The second-order valence-electron chi connectivity index (χ2n) is 4.48. The monoisotopic (exact) mass is 283 g/mol. The van der Waals surface area contributed by atoms with E-state index >= 15 is 0 Å². The maximum Gasteiger partial charge on any atom is 0.182 e. The van der Waals surface area contributed by atoms with Crippen LogP contribution in [0.4, 0.5) is 4.39 Å². The van der Waals surface area contributed by atoms with E-state index in [4.69, 9.17) is 17.5 Å². The first kappa shape index (κ1) is 12.6. The van der Waals surface area contributed by atoms with Crippen LogP contribution in [0.5, 0.6) is 0 Å². The van der Waals surface area contributed by atoms with Gasteiger partial charge in [-0.2, -0.15) is 5.26 Å². The number of nitrogens with zero attached hydrogens (tertiary/aromatic N) is 2. The number of benzene rings is 2. The van der Waals surface area contributed by atoms with Crippen molar-refractivity contribution in [1.82, 2.24) is 9.55 Å². The van der Waals surface area contributed by atoms with Crippen LogP contribution >= 0.6 is 12.2 Å². The molecule has 1 aromatic heterocycles. The topological polar surface area (TPSA) is 44.5 Å². The highest BCUT2D eigenvalue weighted by atomic mass is 32.1. The van der Waals surface area contributed by atoms with Crippen molar-refractivity contribution in [1.29, 1.82) is 5.26 Å². The molecule has 3 aromatic rings. The number of hydrogen-bond donors (Lipinski definition) is 1. The summed E-state index contributed by atoms with van der Waals surface area (Å²) in [4.78, 5) is 2.99. The van der Waals surface area contributed by atoms with Crippen molar-refractivity contribution in [2.24, 2.45) is 0 Å². The highest BCUT2D eigenvalue weighted by molar-refractivity contribution is 7.71. The first-order chi connectivity index (χ1) is 9.63.